The van der Waals surface area contributed by atoms with Gasteiger partial charge < -0.3 is 10.6 Å². The minimum atomic E-state index is 0.375. The smallest absolute Gasteiger partial charge is 0.129 e. The summed E-state index contributed by atoms with van der Waals surface area (Å²) in [6, 6.07) is 10.1. The van der Waals surface area contributed by atoms with Gasteiger partial charge >= 0.3 is 0 Å². The quantitative estimate of drug-likeness (QED) is 0.815. The second kappa shape index (κ2) is 5.17. The van der Waals surface area contributed by atoms with Gasteiger partial charge in [-0.3, -0.25) is 0 Å². The molecule has 1 aromatic carbocycles. The van der Waals surface area contributed by atoms with Crippen LogP contribution in [0.15, 0.2) is 30.3 Å². The van der Waals surface area contributed by atoms with E-state index in [1.54, 1.807) is 0 Å². The Labute approximate surface area is 124 Å². The number of nitrogens with zero attached hydrogens (tertiary/aromatic N) is 2. The average molecular weight is 287 g/mol. The second-order valence-electron chi connectivity index (χ2n) is 5.97. The van der Waals surface area contributed by atoms with Gasteiger partial charge in [0.1, 0.15) is 5.82 Å². The van der Waals surface area contributed by atoms with Crippen LogP contribution in [0.1, 0.15) is 20.3 Å². The number of hydrogen-bond acceptors (Lipinski definition) is 4. The molecule has 3 rings (SSSR count). The Morgan fingerprint density at radius 2 is 2.05 bits per heavy atom. The zero-order chi connectivity index (χ0) is 14.2. The van der Waals surface area contributed by atoms with Crippen molar-refractivity contribution in [2.24, 2.45) is 0 Å². The van der Waals surface area contributed by atoms with Crippen molar-refractivity contribution in [2.45, 2.75) is 25.0 Å². The predicted molar refractivity (Wildman–Crippen MR) is 89.5 cm³/mol. The summed E-state index contributed by atoms with van der Waals surface area (Å²) in [5.41, 5.74) is 7.63. The molecule has 2 aromatic rings. The molecule has 1 aliphatic rings. The average Bonchev–Trinajstić information content (AvgIpc) is 2.59. The molecule has 3 nitrogen and oxygen atoms in total. The lowest BCUT2D eigenvalue weighted by atomic mass is 10.1. The molecule has 2 heterocycles. The summed E-state index contributed by atoms with van der Waals surface area (Å²) in [6.07, 6.45) is 1.19. The maximum atomic E-state index is 5.81. The summed E-state index contributed by atoms with van der Waals surface area (Å²) in [6.45, 7) is 6.81. The van der Waals surface area contributed by atoms with Gasteiger partial charge in [0.15, 0.2) is 0 Å². The Kier molecular flexibility index (Phi) is 3.50. The van der Waals surface area contributed by atoms with Crippen LogP contribution in [0, 0.1) is 0 Å². The van der Waals surface area contributed by atoms with Crippen molar-refractivity contribution in [3.8, 4) is 0 Å². The number of nitrogen functional groups attached to an aromatic ring is 1. The highest BCUT2D eigenvalue weighted by Gasteiger charge is 2.24. The van der Waals surface area contributed by atoms with E-state index in [0.717, 1.165) is 41.3 Å². The monoisotopic (exact) mass is 287 g/mol. The number of thioether (sulfide) groups is 1. The summed E-state index contributed by atoms with van der Waals surface area (Å²) >= 11 is 2.06. The van der Waals surface area contributed by atoms with Gasteiger partial charge in [0.2, 0.25) is 0 Å². The largest absolute Gasteiger partial charge is 0.399 e. The third kappa shape index (κ3) is 2.85. The number of rotatable bonds is 1. The van der Waals surface area contributed by atoms with Crippen molar-refractivity contribution in [1.82, 2.24) is 4.98 Å². The van der Waals surface area contributed by atoms with Crippen LogP contribution in [0.3, 0.4) is 0 Å². The number of benzene rings is 1. The highest BCUT2D eigenvalue weighted by atomic mass is 32.2. The lowest BCUT2D eigenvalue weighted by Gasteiger charge is -2.23. The van der Waals surface area contributed by atoms with Crippen LogP contribution in [-0.4, -0.2) is 28.6 Å². The van der Waals surface area contributed by atoms with Crippen molar-refractivity contribution in [2.75, 3.05) is 29.5 Å². The minimum Gasteiger partial charge on any atom is -0.399 e. The molecule has 0 atom stereocenters. The highest BCUT2D eigenvalue weighted by molar-refractivity contribution is 8.00. The number of fused-ring (bicyclic) bond motifs is 1. The molecule has 4 heteroatoms. The van der Waals surface area contributed by atoms with E-state index < -0.39 is 0 Å². The van der Waals surface area contributed by atoms with E-state index in [9.17, 15) is 0 Å². The molecule has 0 spiro atoms. The number of hydrogen-bond donors (Lipinski definition) is 1. The normalized spacial score (nSPS) is 19.0. The van der Waals surface area contributed by atoms with E-state index in [1.165, 1.54) is 6.42 Å². The van der Waals surface area contributed by atoms with Crippen LogP contribution in [0.4, 0.5) is 11.5 Å². The van der Waals surface area contributed by atoms with Crippen molar-refractivity contribution in [3.05, 3.63) is 30.3 Å². The van der Waals surface area contributed by atoms with E-state index in [-0.39, 0.29) is 0 Å². The Balaban J connectivity index is 1.88. The predicted octanol–water partition coefficient (Wildman–Crippen LogP) is 3.54. The van der Waals surface area contributed by atoms with E-state index >= 15 is 0 Å². The summed E-state index contributed by atoms with van der Waals surface area (Å²) < 4.78 is 0.375. The molecule has 0 amide bonds. The number of nitrogens with two attached hydrogens (primary N) is 1. The Morgan fingerprint density at radius 1 is 1.20 bits per heavy atom. The van der Waals surface area contributed by atoms with Gasteiger partial charge in [-0.2, -0.15) is 11.8 Å². The van der Waals surface area contributed by atoms with E-state index in [4.69, 9.17) is 10.7 Å². The van der Waals surface area contributed by atoms with Crippen molar-refractivity contribution in [1.29, 1.82) is 0 Å². The van der Waals surface area contributed by atoms with E-state index in [1.807, 2.05) is 18.2 Å². The van der Waals surface area contributed by atoms with Gasteiger partial charge in [-0.05, 0) is 36.8 Å². The first-order valence-electron chi connectivity index (χ1n) is 7.09. The molecule has 0 unspecified atom stereocenters. The molecular formula is C16H21N3S. The molecule has 0 radical (unpaired) electrons. The molecule has 106 valence electrons. The summed E-state index contributed by atoms with van der Waals surface area (Å²) in [5, 5.41) is 1.11. The molecule has 0 saturated carbocycles. The molecule has 0 bridgehead atoms. The lowest BCUT2D eigenvalue weighted by Crippen LogP contribution is -2.27. The Hall–Kier alpha value is -1.42. The topological polar surface area (TPSA) is 42.1 Å². The van der Waals surface area contributed by atoms with Gasteiger partial charge in [-0.1, -0.05) is 13.8 Å². The minimum absolute atomic E-state index is 0.375. The van der Waals surface area contributed by atoms with Crippen molar-refractivity contribution < 1.29 is 0 Å². The summed E-state index contributed by atoms with van der Waals surface area (Å²) in [4.78, 5) is 7.19. The van der Waals surface area contributed by atoms with Crippen LogP contribution < -0.4 is 10.6 Å². The first-order chi connectivity index (χ1) is 9.53. The van der Waals surface area contributed by atoms with E-state index in [0.29, 0.717) is 4.75 Å². The molecule has 1 aromatic heterocycles. The third-order valence-corrected chi connectivity index (χ3v) is 5.23. The highest BCUT2D eigenvalue weighted by Crippen LogP contribution is 2.32. The molecule has 1 aliphatic heterocycles. The van der Waals surface area contributed by atoms with Gasteiger partial charge in [0.05, 0.1) is 5.52 Å². The maximum absolute atomic E-state index is 5.81. The molecule has 2 N–H and O–H groups in total. The van der Waals surface area contributed by atoms with E-state index in [2.05, 4.69) is 42.6 Å². The van der Waals surface area contributed by atoms with Crippen LogP contribution >= 0.6 is 11.8 Å². The third-order valence-electron chi connectivity index (χ3n) is 3.86. The first-order valence-corrected chi connectivity index (χ1v) is 8.07. The summed E-state index contributed by atoms with van der Waals surface area (Å²) in [5.74, 6) is 2.25. The molecule has 1 fully saturated rings. The van der Waals surface area contributed by atoms with Crippen LogP contribution in [-0.2, 0) is 0 Å². The molecular weight excluding hydrogens is 266 g/mol. The zero-order valence-corrected chi connectivity index (χ0v) is 12.9. The van der Waals surface area contributed by atoms with Gasteiger partial charge in [-0.15, -0.1) is 0 Å². The fourth-order valence-electron chi connectivity index (χ4n) is 2.56. The molecule has 0 aliphatic carbocycles. The molecule has 20 heavy (non-hydrogen) atoms. The molecule has 1 saturated heterocycles. The van der Waals surface area contributed by atoms with Crippen molar-refractivity contribution >= 4 is 34.2 Å². The number of anilines is 2. The number of pyridine rings is 1. The Morgan fingerprint density at radius 3 is 2.90 bits per heavy atom. The van der Waals surface area contributed by atoms with Crippen LogP contribution in [0.5, 0.6) is 0 Å². The van der Waals surface area contributed by atoms with Gasteiger partial charge in [0, 0.05) is 34.7 Å². The first kappa shape index (κ1) is 13.6. The van der Waals surface area contributed by atoms with Crippen LogP contribution in [0.25, 0.3) is 10.9 Å². The fourth-order valence-corrected chi connectivity index (χ4v) is 3.66. The fraction of sp³-hybridized carbons (Fsp3) is 0.438. The van der Waals surface area contributed by atoms with Gasteiger partial charge in [0.25, 0.3) is 0 Å². The van der Waals surface area contributed by atoms with Crippen LogP contribution in [0.2, 0.25) is 0 Å². The summed E-state index contributed by atoms with van der Waals surface area (Å²) in [7, 11) is 0. The van der Waals surface area contributed by atoms with Gasteiger partial charge in [-0.25, -0.2) is 4.98 Å². The maximum Gasteiger partial charge on any atom is 0.129 e. The van der Waals surface area contributed by atoms with Crippen molar-refractivity contribution in [3.63, 3.8) is 0 Å². The lowest BCUT2D eigenvalue weighted by molar-refractivity contribution is 0.635. The second-order valence-corrected chi connectivity index (χ2v) is 7.77. The zero-order valence-electron chi connectivity index (χ0n) is 12.1. The Bertz CT molecular complexity index is 624. The number of aromatic nitrogens is 1. The SMILES string of the molecule is CC1(C)CCN(c2ccc3cc(N)ccc3n2)CCS1. The standard InChI is InChI=1S/C16H21N3S/c1-16(2)7-8-19(9-10-20-16)15-6-3-12-11-13(17)4-5-14(12)18-15/h3-6,11H,7-10,17H2,1-2H3.